The summed E-state index contributed by atoms with van der Waals surface area (Å²) in [6.07, 6.45) is 1.17. The van der Waals surface area contributed by atoms with Gasteiger partial charge in [-0.1, -0.05) is 11.6 Å². The molecule has 0 bridgehead atoms. The molecule has 0 aromatic heterocycles. The quantitative estimate of drug-likeness (QED) is 0.544. The van der Waals surface area contributed by atoms with Crippen molar-refractivity contribution in [2.45, 2.75) is 13.8 Å². The second kappa shape index (κ2) is 3.25. The van der Waals surface area contributed by atoms with Crippen LogP contribution < -0.4 is 0 Å². The van der Waals surface area contributed by atoms with Gasteiger partial charge in [0.25, 0.3) is 0 Å². The summed E-state index contributed by atoms with van der Waals surface area (Å²) in [5, 5.41) is 17.0. The zero-order valence-electron chi connectivity index (χ0n) is 5.85. The Morgan fingerprint density at radius 2 is 2.00 bits per heavy atom. The summed E-state index contributed by atoms with van der Waals surface area (Å²) in [5.41, 5.74) is -0.739. The lowest BCUT2D eigenvalue weighted by Crippen LogP contribution is -2.07. The van der Waals surface area contributed by atoms with Crippen LogP contribution in [0.1, 0.15) is 13.8 Å². The van der Waals surface area contributed by atoms with Gasteiger partial charge < -0.3 is 0 Å². The van der Waals surface area contributed by atoms with Gasteiger partial charge in [0.15, 0.2) is 0 Å². The Hall–Kier alpha value is -0.990. The zero-order chi connectivity index (χ0) is 8.20. The topological polar surface area (TPSA) is 47.6 Å². The number of allylic oxidation sites excluding steroid dienone is 2. The van der Waals surface area contributed by atoms with Crippen LogP contribution in [-0.2, 0) is 0 Å². The van der Waals surface area contributed by atoms with E-state index in [1.54, 1.807) is 19.9 Å². The van der Waals surface area contributed by atoms with Gasteiger partial charge in [0.1, 0.15) is 0 Å². The predicted octanol–water partition coefficient (Wildman–Crippen LogP) is 2.18. The van der Waals surface area contributed by atoms with Crippen LogP contribution >= 0.6 is 11.6 Å². The normalized spacial score (nSPS) is 11.9. The third-order valence-corrected chi connectivity index (χ3v) is 1.65. The standard InChI is InChI=1S/C7H7ClN2/c1-7(2,5-10)6(8)3-4-9/h3H,1-2H3/b6-3-. The number of rotatable bonds is 1. The van der Waals surface area contributed by atoms with E-state index in [0.29, 0.717) is 0 Å². The fourth-order valence-electron chi connectivity index (χ4n) is 0.290. The van der Waals surface area contributed by atoms with Crippen molar-refractivity contribution in [3.63, 3.8) is 0 Å². The van der Waals surface area contributed by atoms with Crippen molar-refractivity contribution in [3.8, 4) is 12.1 Å². The first-order valence-corrected chi connectivity index (χ1v) is 3.09. The lowest BCUT2D eigenvalue weighted by atomic mass is 9.95. The summed E-state index contributed by atoms with van der Waals surface area (Å²) in [6.45, 7) is 3.31. The average molecular weight is 155 g/mol. The van der Waals surface area contributed by atoms with E-state index in [1.807, 2.05) is 6.07 Å². The lowest BCUT2D eigenvalue weighted by Gasteiger charge is -2.11. The second-order valence-electron chi connectivity index (χ2n) is 2.36. The molecule has 0 unspecified atom stereocenters. The molecule has 0 aliphatic heterocycles. The van der Waals surface area contributed by atoms with Crippen molar-refractivity contribution in [1.29, 1.82) is 10.5 Å². The van der Waals surface area contributed by atoms with E-state index >= 15 is 0 Å². The van der Waals surface area contributed by atoms with Crippen LogP contribution in [0.25, 0.3) is 0 Å². The first kappa shape index (κ1) is 9.01. The van der Waals surface area contributed by atoms with Gasteiger partial charge in [-0.2, -0.15) is 10.5 Å². The van der Waals surface area contributed by atoms with Gasteiger partial charge in [-0.25, -0.2) is 0 Å². The SMILES string of the molecule is CC(C)(C#N)/C(Cl)=C/C#N. The van der Waals surface area contributed by atoms with E-state index in [-0.39, 0.29) is 5.03 Å². The minimum atomic E-state index is -0.739. The van der Waals surface area contributed by atoms with Crippen LogP contribution in [0, 0.1) is 28.1 Å². The van der Waals surface area contributed by atoms with Crippen LogP contribution in [-0.4, -0.2) is 0 Å². The maximum atomic E-state index is 8.51. The summed E-state index contributed by atoms with van der Waals surface area (Å²) in [6, 6.07) is 3.74. The molecule has 3 heteroatoms. The molecule has 0 aromatic rings. The number of hydrogen-bond donors (Lipinski definition) is 0. The molecule has 0 saturated carbocycles. The maximum Gasteiger partial charge on any atom is 0.0924 e. The van der Waals surface area contributed by atoms with E-state index < -0.39 is 5.41 Å². The first-order valence-electron chi connectivity index (χ1n) is 2.71. The van der Waals surface area contributed by atoms with E-state index in [0.717, 1.165) is 0 Å². The molecule has 0 heterocycles. The molecule has 0 radical (unpaired) electrons. The highest BCUT2D eigenvalue weighted by atomic mass is 35.5. The van der Waals surface area contributed by atoms with E-state index in [2.05, 4.69) is 0 Å². The molecule has 2 nitrogen and oxygen atoms in total. The van der Waals surface area contributed by atoms with Gasteiger partial charge in [0.2, 0.25) is 0 Å². The number of hydrogen-bond acceptors (Lipinski definition) is 2. The Kier molecular flexibility index (Phi) is 2.93. The largest absolute Gasteiger partial charge is 0.197 e. The third kappa shape index (κ3) is 2.09. The molecule has 0 spiro atoms. The molecule has 0 atom stereocenters. The van der Waals surface area contributed by atoms with Crippen molar-refractivity contribution in [2.75, 3.05) is 0 Å². The summed E-state index contributed by atoms with van der Waals surface area (Å²) < 4.78 is 0. The van der Waals surface area contributed by atoms with Crippen molar-refractivity contribution < 1.29 is 0 Å². The Morgan fingerprint density at radius 3 is 2.30 bits per heavy atom. The van der Waals surface area contributed by atoms with Crippen molar-refractivity contribution in [3.05, 3.63) is 11.1 Å². The summed E-state index contributed by atoms with van der Waals surface area (Å²) in [4.78, 5) is 0. The van der Waals surface area contributed by atoms with Crippen LogP contribution in [0.2, 0.25) is 0 Å². The fraction of sp³-hybridized carbons (Fsp3) is 0.429. The first-order chi connectivity index (χ1) is 4.54. The van der Waals surface area contributed by atoms with Crippen LogP contribution in [0.4, 0.5) is 0 Å². The maximum absolute atomic E-state index is 8.51. The Bertz CT molecular complexity index is 227. The third-order valence-electron chi connectivity index (χ3n) is 1.07. The van der Waals surface area contributed by atoms with Gasteiger partial charge in [-0.3, -0.25) is 0 Å². The summed E-state index contributed by atoms with van der Waals surface area (Å²) in [7, 11) is 0. The van der Waals surface area contributed by atoms with Crippen molar-refractivity contribution in [1.82, 2.24) is 0 Å². The molecule has 0 aliphatic carbocycles. The van der Waals surface area contributed by atoms with E-state index in [4.69, 9.17) is 22.1 Å². The highest BCUT2D eigenvalue weighted by molar-refractivity contribution is 6.30. The van der Waals surface area contributed by atoms with Gasteiger partial charge in [-0.15, -0.1) is 0 Å². The Labute approximate surface area is 65.3 Å². The second-order valence-corrected chi connectivity index (χ2v) is 2.77. The Morgan fingerprint density at radius 1 is 1.50 bits per heavy atom. The number of nitrogens with zero attached hydrogens (tertiary/aromatic N) is 2. The monoisotopic (exact) mass is 154 g/mol. The molecule has 10 heavy (non-hydrogen) atoms. The van der Waals surface area contributed by atoms with E-state index in [9.17, 15) is 0 Å². The summed E-state index contributed by atoms with van der Waals surface area (Å²) >= 11 is 5.59. The van der Waals surface area contributed by atoms with Crippen molar-refractivity contribution >= 4 is 11.6 Å². The zero-order valence-corrected chi connectivity index (χ0v) is 6.61. The Balaban J connectivity index is 4.56. The molecule has 0 aliphatic rings. The molecule has 0 N–H and O–H groups in total. The highest BCUT2D eigenvalue weighted by Crippen LogP contribution is 2.27. The van der Waals surface area contributed by atoms with E-state index in [1.165, 1.54) is 6.08 Å². The van der Waals surface area contributed by atoms with Gasteiger partial charge in [0.05, 0.1) is 17.6 Å². The molecule has 0 saturated heterocycles. The van der Waals surface area contributed by atoms with Gasteiger partial charge >= 0.3 is 0 Å². The number of halogens is 1. The fourth-order valence-corrected chi connectivity index (χ4v) is 0.382. The van der Waals surface area contributed by atoms with Crippen LogP contribution in [0.3, 0.4) is 0 Å². The molecule has 0 aromatic carbocycles. The smallest absolute Gasteiger partial charge is 0.0924 e. The molecular formula is C7H7ClN2. The minimum Gasteiger partial charge on any atom is -0.197 e. The number of nitriles is 2. The minimum absolute atomic E-state index is 0.275. The lowest BCUT2D eigenvalue weighted by molar-refractivity contribution is 0.629. The average Bonchev–Trinajstić information content (AvgIpc) is 1.89. The highest BCUT2D eigenvalue weighted by Gasteiger charge is 2.20. The summed E-state index contributed by atoms with van der Waals surface area (Å²) in [5.74, 6) is 0. The van der Waals surface area contributed by atoms with Gasteiger partial charge in [-0.05, 0) is 13.8 Å². The molecular weight excluding hydrogens is 148 g/mol. The van der Waals surface area contributed by atoms with Crippen LogP contribution in [0.15, 0.2) is 11.1 Å². The predicted molar refractivity (Wildman–Crippen MR) is 38.9 cm³/mol. The molecule has 52 valence electrons. The van der Waals surface area contributed by atoms with Crippen molar-refractivity contribution in [2.24, 2.45) is 5.41 Å². The molecule has 0 amide bonds. The molecule has 0 rings (SSSR count). The van der Waals surface area contributed by atoms with Gasteiger partial charge in [0, 0.05) is 11.1 Å². The van der Waals surface area contributed by atoms with Crippen LogP contribution in [0.5, 0.6) is 0 Å². The molecule has 0 fully saturated rings.